The third-order valence-corrected chi connectivity index (χ3v) is 1.97. The molecule has 0 aliphatic rings. The minimum atomic E-state index is -5.53. The van der Waals surface area contributed by atoms with Gasteiger partial charge in [-0.1, -0.05) is 31.0 Å². The lowest BCUT2D eigenvalue weighted by atomic mass is 10.3. The highest BCUT2D eigenvalue weighted by molar-refractivity contribution is 8.03. The van der Waals surface area contributed by atoms with E-state index in [1.165, 1.54) is 0 Å². The molecule has 0 atom stereocenters. The first-order valence-corrected chi connectivity index (χ1v) is 4.03. The van der Waals surface area contributed by atoms with Crippen LogP contribution in [0.2, 0.25) is 0 Å². The number of hydrogen-bond acceptors (Lipinski definition) is 2. The van der Waals surface area contributed by atoms with Gasteiger partial charge in [-0.25, -0.2) is 0 Å². The number of alkyl halides is 6. The highest BCUT2D eigenvalue weighted by atomic mass is 32.2. The molecule has 0 aliphatic carbocycles. The van der Waals surface area contributed by atoms with Crippen molar-refractivity contribution in [2.75, 3.05) is 0 Å². The van der Waals surface area contributed by atoms with E-state index >= 15 is 0 Å². The van der Waals surface area contributed by atoms with E-state index in [-0.39, 0.29) is 0 Å². The maximum absolute atomic E-state index is 12.3. The number of thiol groups is 1. The molecule has 0 nitrogen and oxygen atoms in total. The van der Waals surface area contributed by atoms with Crippen molar-refractivity contribution < 1.29 is 26.3 Å². The SMILES string of the molecule is C=CSC(F)(F)C(F)(F)C(F)(F)S. The summed E-state index contributed by atoms with van der Waals surface area (Å²) in [7, 11) is 0. The molecule has 0 fully saturated rings. The summed E-state index contributed by atoms with van der Waals surface area (Å²) >= 11 is 1.33. The van der Waals surface area contributed by atoms with Crippen LogP contribution in [0, 0.1) is 0 Å². The summed E-state index contributed by atoms with van der Waals surface area (Å²) in [6.07, 6.45) is 0. The smallest absolute Gasteiger partial charge is 0.191 e. The molecule has 0 bridgehead atoms. The van der Waals surface area contributed by atoms with Gasteiger partial charge in [-0.2, -0.15) is 26.3 Å². The number of thioether (sulfide) groups is 1. The zero-order chi connectivity index (χ0) is 10.9. The standard InChI is InChI=1S/C5H4F6S2/c1-2-13-5(10,11)3(6,7)4(8,9)12/h2,12H,1H2. The third-order valence-electron chi connectivity index (χ3n) is 0.975. The quantitative estimate of drug-likeness (QED) is 0.580. The van der Waals surface area contributed by atoms with Gasteiger partial charge < -0.3 is 0 Å². The van der Waals surface area contributed by atoms with Crippen molar-refractivity contribution in [3.05, 3.63) is 12.0 Å². The van der Waals surface area contributed by atoms with E-state index in [2.05, 4.69) is 19.2 Å². The van der Waals surface area contributed by atoms with Gasteiger partial charge in [0.25, 0.3) is 0 Å². The predicted octanol–water partition coefficient (Wildman–Crippen LogP) is 3.61. The van der Waals surface area contributed by atoms with Gasteiger partial charge >= 0.3 is 16.4 Å². The molecular formula is C5H4F6S2. The highest BCUT2D eigenvalue weighted by Gasteiger charge is 2.70. The molecule has 0 saturated heterocycles. The zero-order valence-electron chi connectivity index (χ0n) is 5.91. The number of halogens is 6. The molecule has 8 heteroatoms. The van der Waals surface area contributed by atoms with E-state index < -0.39 is 28.2 Å². The fourth-order valence-corrected chi connectivity index (χ4v) is 1.06. The summed E-state index contributed by atoms with van der Waals surface area (Å²) in [5, 5.41) is -9.65. The first-order chi connectivity index (χ1) is 5.56. The Bertz CT molecular complexity index is 196. The molecule has 0 aromatic heterocycles. The van der Waals surface area contributed by atoms with E-state index in [0.717, 1.165) is 0 Å². The van der Waals surface area contributed by atoms with Crippen LogP contribution in [0.3, 0.4) is 0 Å². The van der Waals surface area contributed by atoms with Crippen molar-refractivity contribution in [2.24, 2.45) is 0 Å². The molecule has 13 heavy (non-hydrogen) atoms. The molecule has 0 unspecified atom stereocenters. The second-order valence-corrected chi connectivity index (χ2v) is 3.56. The molecule has 0 aromatic carbocycles. The summed E-state index contributed by atoms with van der Waals surface area (Å²) in [6, 6.07) is 0. The Morgan fingerprint density at radius 3 is 1.69 bits per heavy atom. The van der Waals surface area contributed by atoms with Crippen molar-refractivity contribution >= 4 is 24.4 Å². The lowest BCUT2D eigenvalue weighted by molar-refractivity contribution is -0.236. The number of rotatable bonds is 4. The van der Waals surface area contributed by atoms with Crippen LogP contribution in [0.4, 0.5) is 26.3 Å². The van der Waals surface area contributed by atoms with E-state index in [0.29, 0.717) is 5.41 Å². The monoisotopic (exact) mass is 242 g/mol. The number of hydrogen-bond donors (Lipinski definition) is 1. The first-order valence-electron chi connectivity index (χ1n) is 2.71. The molecule has 0 N–H and O–H groups in total. The molecule has 0 heterocycles. The largest absolute Gasteiger partial charge is 0.391 e. The minimum absolute atomic E-state index is 0.355. The highest BCUT2D eigenvalue weighted by Crippen LogP contribution is 2.52. The Labute approximate surface area is 79.8 Å². The Hall–Kier alpha value is 0.0200. The van der Waals surface area contributed by atoms with Gasteiger partial charge in [-0.15, -0.1) is 0 Å². The van der Waals surface area contributed by atoms with Crippen LogP contribution >= 0.6 is 24.4 Å². The maximum atomic E-state index is 12.3. The van der Waals surface area contributed by atoms with Gasteiger partial charge in [0.15, 0.2) is 0 Å². The molecule has 0 saturated carbocycles. The van der Waals surface area contributed by atoms with Gasteiger partial charge in [-0.3, -0.25) is 0 Å². The van der Waals surface area contributed by atoms with Crippen LogP contribution in [0.1, 0.15) is 0 Å². The van der Waals surface area contributed by atoms with Crippen molar-refractivity contribution in [2.45, 2.75) is 16.4 Å². The summed E-state index contributed by atoms with van der Waals surface area (Å²) in [6.45, 7) is 2.72. The van der Waals surface area contributed by atoms with Crippen molar-refractivity contribution in [1.82, 2.24) is 0 Å². The van der Waals surface area contributed by atoms with Crippen LogP contribution in [0.5, 0.6) is 0 Å². The molecule has 0 aromatic rings. The summed E-state index contributed by atoms with van der Waals surface area (Å²) in [4.78, 5) is 0. The lowest BCUT2D eigenvalue weighted by Gasteiger charge is -2.28. The molecular weight excluding hydrogens is 238 g/mol. The van der Waals surface area contributed by atoms with E-state index in [4.69, 9.17) is 0 Å². The predicted molar refractivity (Wildman–Crippen MR) is 41.6 cm³/mol. The maximum Gasteiger partial charge on any atom is 0.391 e. The lowest BCUT2D eigenvalue weighted by Crippen LogP contribution is -2.49. The molecule has 0 radical (unpaired) electrons. The van der Waals surface area contributed by atoms with Crippen molar-refractivity contribution in [3.63, 3.8) is 0 Å². The van der Waals surface area contributed by atoms with Gasteiger partial charge in [0, 0.05) is 0 Å². The van der Waals surface area contributed by atoms with Crippen LogP contribution in [0.25, 0.3) is 0 Å². The molecule has 0 amide bonds. The van der Waals surface area contributed by atoms with Gasteiger partial charge in [0.1, 0.15) is 0 Å². The van der Waals surface area contributed by atoms with E-state index in [1.54, 1.807) is 0 Å². The fraction of sp³-hybridized carbons (Fsp3) is 0.600. The second kappa shape index (κ2) is 3.64. The first kappa shape index (κ1) is 13.0. The molecule has 0 spiro atoms. The fourth-order valence-electron chi connectivity index (χ4n) is 0.354. The third kappa shape index (κ3) is 2.49. The zero-order valence-corrected chi connectivity index (χ0v) is 7.62. The van der Waals surface area contributed by atoms with Crippen LogP contribution in [-0.2, 0) is 0 Å². The average molecular weight is 242 g/mol. The van der Waals surface area contributed by atoms with Crippen molar-refractivity contribution in [1.29, 1.82) is 0 Å². The van der Waals surface area contributed by atoms with Crippen LogP contribution < -0.4 is 0 Å². The van der Waals surface area contributed by atoms with Crippen LogP contribution in [-0.4, -0.2) is 16.4 Å². The van der Waals surface area contributed by atoms with E-state index in [1.807, 2.05) is 0 Å². The topological polar surface area (TPSA) is 0 Å². The van der Waals surface area contributed by atoms with Gasteiger partial charge in [0.05, 0.1) is 0 Å². The second-order valence-electron chi connectivity index (χ2n) is 1.92. The molecule has 0 rings (SSSR count). The summed E-state index contributed by atoms with van der Waals surface area (Å²) in [5.74, 6) is -5.53. The van der Waals surface area contributed by atoms with Gasteiger partial charge in [-0.05, 0) is 5.41 Å². The van der Waals surface area contributed by atoms with E-state index in [9.17, 15) is 26.3 Å². The Balaban J connectivity index is 4.91. The minimum Gasteiger partial charge on any atom is -0.191 e. The van der Waals surface area contributed by atoms with Gasteiger partial charge in [0.2, 0.25) is 0 Å². The van der Waals surface area contributed by atoms with Crippen molar-refractivity contribution in [3.8, 4) is 0 Å². The Morgan fingerprint density at radius 1 is 1.08 bits per heavy atom. The summed E-state index contributed by atoms with van der Waals surface area (Å²) < 4.78 is 72.9. The average Bonchev–Trinajstić information content (AvgIpc) is 1.84. The van der Waals surface area contributed by atoms with Crippen LogP contribution in [0.15, 0.2) is 12.0 Å². The Morgan fingerprint density at radius 2 is 1.46 bits per heavy atom. The summed E-state index contributed by atoms with van der Waals surface area (Å²) in [5.41, 5.74) is 0. The Kier molecular flexibility index (Phi) is 3.65. The molecule has 0 aliphatic heterocycles. The molecule has 78 valence electrons. The normalized spacial score (nSPS) is 14.4.